The van der Waals surface area contributed by atoms with Crippen molar-refractivity contribution in [1.29, 1.82) is 0 Å². The molecule has 0 saturated heterocycles. The second-order valence-electron chi connectivity index (χ2n) is 7.64. The summed E-state index contributed by atoms with van der Waals surface area (Å²) < 4.78 is 1.61. The molecule has 1 atom stereocenters. The van der Waals surface area contributed by atoms with Crippen LogP contribution in [0.1, 0.15) is 55.5 Å². The van der Waals surface area contributed by atoms with Crippen molar-refractivity contribution in [2.45, 2.75) is 45.6 Å². The monoisotopic (exact) mass is 388 g/mol. The normalized spacial score (nSPS) is 15.2. The highest BCUT2D eigenvalue weighted by Crippen LogP contribution is 2.26. The zero-order chi connectivity index (χ0) is 20.5. The summed E-state index contributed by atoms with van der Waals surface area (Å²) in [7, 11) is 0. The molecule has 0 bridgehead atoms. The number of allylic oxidation sites excluding steroid dienone is 2. The number of hydrogen-bond acceptors (Lipinski definition) is 5. The number of fused-ring (bicyclic) bond motifs is 2. The van der Waals surface area contributed by atoms with E-state index in [0.717, 1.165) is 35.0 Å². The van der Waals surface area contributed by atoms with E-state index in [4.69, 9.17) is 10.7 Å². The van der Waals surface area contributed by atoms with Crippen molar-refractivity contribution >= 4 is 22.1 Å². The van der Waals surface area contributed by atoms with E-state index in [0.29, 0.717) is 11.2 Å². The van der Waals surface area contributed by atoms with Crippen molar-refractivity contribution in [2.24, 2.45) is 5.73 Å². The van der Waals surface area contributed by atoms with E-state index in [9.17, 15) is 9.59 Å². The molecule has 6 nitrogen and oxygen atoms in total. The number of rotatable bonds is 2. The van der Waals surface area contributed by atoms with Crippen LogP contribution >= 0.6 is 0 Å². The maximum absolute atomic E-state index is 12.4. The van der Waals surface area contributed by atoms with Gasteiger partial charge in [0.05, 0.1) is 11.1 Å². The van der Waals surface area contributed by atoms with Gasteiger partial charge in [-0.25, -0.2) is 4.98 Å². The first kappa shape index (κ1) is 19.2. The zero-order valence-corrected chi connectivity index (χ0v) is 16.7. The molecule has 0 saturated carbocycles. The SMILES string of the molecule is Cc1cc(C(C)N)c2nc(C3=CCCCC3)cc(=O)n2c1.O=c1c2cccnc12. The van der Waals surface area contributed by atoms with Crippen molar-refractivity contribution in [3.8, 4) is 0 Å². The van der Waals surface area contributed by atoms with Crippen molar-refractivity contribution in [1.82, 2.24) is 14.4 Å². The van der Waals surface area contributed by atoms with Crippen LogP contribution in [0.3, 0.4) is 0 Å². The minimum absolute atomic E-state index is 0.0351. The predicted molar refractivity (Wildman–Crippen MR) is 116 cm³/mol. The minimum Gasteiger partial charge on any atom is -0.324 e. The number of pyridine rings is 2. The Morgan fingerprint density at radius 2 is 2.03 bits per heavy atom. The fourth-order valence-electron chi connectivity index (χ4n) is 3.65. The van der Waals surface area contributed by atoms with E-state index in [2.05, 4.69) is 11.1 Å². The third kappa shape index (κ3) is 3.89. The van der Waals surface area contributed by atoms with Gasteiger partial charge in [-0.1, -0.05) is 6.08 Å². The molecular formula is C23H24N4O2. The molecule has 29 heavy (non-hydrogen) atoms. The molecule has 148 valence electrons. The number of aryl methyl sites for hydroxylation is 1. The van der Waals surface area contributed by atoms with Crippen LogP contribution in [0.15, 0.2) is 52.3 Å². The van der Waals surface area contributed by atoms with Crippen molar-refractivity contribution in [3.05, 3.63) is 80.1 Å². The van der Waals surface area contributed by atoms with E-state index in [1.807, 2.05) is 26.1 Å². The van der Waals surface area contributed by atoms with Crippen molar-refractivity contribution in [2.75, 3.05) is 0 Å². The highest BCUT2D eigenvalue weighted by molar-refractivity contribution is 5.93. The van der Waals surface area contributed by atoms with Crippen molar-refractivity contribution < 1.29 is 0 Å². The summed E-state index contributed by atoms with van der Waals surface area (Å²) in [6, 6.07) is 7.07. The molecule has 0 amide bonds. The zero-order valence-electron chi connectivity index (χ0n) is 16.7. The lowest BCUT2D eigenvalue weighted by Gasteiger charge is -2.15. The van der Waals surface area contributed by atoms with E-state index in [-0.39, 0.29) is 17.0 Å². The average Bonchev–Trinajstić information content (AvgIpc) is 3.39. The highest BCUT2D eigenvalue weighted by atomic mass is 16.1. The molecule has 2 N–H and O–H groups in total. The van der Waals surface area contributed by atoms with E-state index in [1.165, 1.54) is 18.4 Å². The third-order valence-electron chi connectivity index (χ3n) is 5.24. The second-order valence-corrected chi connectivity index (χ2v) is 7.64. The van der Waals surface area contributed by atoms with Gasteiger partial charge in [0, 0.05) is 30.1 Å². The standard InChI is InChI=1S/C17H21N3O.C6H3NO/c1-11-8-14(12(2)18)17-19-15(9-16(21)20(17)10-11)13-6-4-3-5-7-13;8-6-4-2-1-3-7-5(4)6/h6,8-10,12H,3-5,7,18H2,1-2H3;1-3H. The Kier molecular flexibility index (Phi) is 5.11. The molecular weight excluding hydrogens is 364 g/mol. The summed E-state index contributed by atoms with van der Waals surface area (Å²) in [6.45, 7) is 3.89. The number of aromatic nitrogens is 3. The van der Waals surface area contributed by atoms with E-state index >= 15 is 0 Å². The largest absolute Gasteiger partial charge is 0.324 e. The maximum Gasteiger partial charge on any atom is 0.258 e. The lowest BCUT2D eigenvalue weighted by atomic mass is 9.97. The first-order valence-electron chi connectivity index (χ1n) is 9.94. The maximum atomic E-state index is 12.4. The van der Waals surface area contributed by atoms with Gasteiger partial charge < -0.3 is 5.73 Å². The number of nitrogens with zero attached hydrogens (tertiary/aromatic N) is 3. The molecule has 0 radical (unpaired) electrons. The van der Waals surface area contributed by atoms with Crippen LogP contribution in [0.25, 0.3) is 22.1 Å². The summed E-state index contributed by atoms with van der Waals surface area (Å²) in [4.78, 5) is 31.4. The van der Waals surface area contributed by atoms with Crippen LogP contribution in [0.4, 0.5) is 0 Å². The molecule has 4 aromatic rings. The summed E-state index contributed by atoms with van der Waals surface area (Å²) in [5.41, 5.74) is 11.4. The van der Waals surface area contributed by atoms with Gasteiger partial charge in [-0.05, 0) is 68.9 Å². The lowest BCUT2D eigenvalue weighted by molar-refractivity contribution is 0.739. The number of nitrogens with two attached hydrogens (primary N) is 1. The third-order valence-corrected chi connectivity index (χ3v) is 5.24. The van der Waals surface area contributed by atoms with E-state index < -0.39 is 0 Å². The average molecular weight is 388 g/mol. The van der Waals surface area contributed by atoms with Gasteiger partial charge in [0.1, 0.15) is 11.2 Å². The smallest absolute Gasteiger partial charge is 0.258 e. The molecule has 1 aliphatic rings. The van der Waals surface area contributed by atoms with Crippen molar-refractivity contribution in [3.63, 3.8) is 0 Å². The summed E-state index contributed by atoms with van der Waals surface area (Å²) >= 11 is 0. The first-order valence-corrected chi connectivity index (χ1v) is 9.94. The molecule has 1 unspecified atom stereocenters. The predicted octanol–water partition coefficient (Wildman–Crippen LogP) is 3.45. The Balaban J connectivity index is 0.000000211. The van der Waals surface area contributed by atoms with Crippen LogP contribution in [-0.2, 0) is 0 Å². The summed E-state index contributed by atoms with van der Waals surface area (Å²) in [5, 5.41) is 0.785. The summed E-state index contributed by atoms with van der Waals surface area (Å²) in [6.07, 6.45) is 10.1. The molecule has 3 aromatic heterocycles. The number of hydrogen-bond donors (Lipinski definition) is 1. The van der Waals surface area contributed by atoms with Crippen LogP contribution in [0.5, 0.6) is 0 Å². The Morgan fingerprint density at radius 1 is 1.21 bits per heavy atom. The molecule has 1 aliphatic carbocycles. The van der Waals surface area contributed by atoms with Gasteiger partial charge in [-0.15, -0.1) is 0 Å². The molecule has 5 rings (SSSR count). The molecule has 0 fully saturated rings. The van der Waals surface area contributed by atoms with Gasteiger partial charge in [0.15, 0.2) is 0 Å². The van der Waals surface area contributed by atoms with Gasteiger partial charge in [-0.2, -0.15) is 0 Å². The lowest BCUT2D eigenvalue weighted by Crippen LogP contribution is -2.19. The fourth-order valence-corrected chi connectivity index (χ4v) is 3.65. The minimum atomic E-state index is -0.151. The van der Waals surface area contributed by atoms with Crippen LogP contribution < -0.4 is 16.7 Å². The molecule has 6 heteroatoms. The van der Waals surface area contributed by atoms with E-state index in [1.54, 1.807) is 28.8 Å². The summed E-state index contributed by atoms with van der Waals surface area (Å²) in [5.74, 6) is 0. The van der Waals surface area contributed by atoms with Crippen LogP contribution in [0, 0.1) is 6.92 Å². The quantitative estimate of drug-likeness (QED) is 0.568. The Hall–Kier alpha value is -3.12. The molecule has 0 spiro atoms. The second kappa shape index (κ2) is 7.72. The highest BCUT2D eigenvalue weighted by Gasteiger charge is 2.14. The van der Waals surface area contributed by atoms with Gasteiger partial charge in [0.25, 0.3) is 5.56 Å². The topological polar surface area (TPSA) is 90.4 Å². The van der Waals surface area contributed by atoms with Crippen LogP contribution in [0.2, 0.25) is 0 Å². The molecule has 1 aromatic carbocycles. The Bertz CT molecular complexity index is 1260. The van der Waals surface area contributed by atoms with Gasteiger partial charge in [-0.3, -0.25) is 19.0 Å². The molecule has 0 aliphatic heterocycles. The molecule has 3 heterocycles. The van der Waals surface area contributed by atoms with Gasteiger partial charge >= 0.3 is 0 Å². The first-order chi connectivity index (χ1) is 14.0. The van der Waals surface area contributed by atoms with Gasteiger partial charge in [0.2, 0.25) is 5.43 Å². The van der Waals surface area contributed by atoms with Crippen LogP contribution in [-0.4, -0.2) is 14.4 Å². The fraction of sp³-hybridized carbons (Fsp3) is 0.304. The Morgan fingerprint density at radius 3 is 2.66 bits per heavy atom. The Labute approximate surface area is 168 Å².